The maximum Gasteiger partial charge on any atom is 0.0804 e. The SMILES string of the molecule is CCC1CCCCN1CCC(O)c1ccc(C)cc1C. The Morgan fingerprint density at radius 1 is 1.30 bits per heavy atom. The molecule has 0 aliphatic carbocycles. The average Bonchev–Trinajstić information content (AvgIpc) is 2.45. The minimum atomic E-state index is -0.324. The third kappa shape index (κ3) is 3.83. The molecule has 2 atom stereocenters. The normalized spacial score (nSPS) is 21.9. The largest absolute Gasteiger partial charge is 0.388 e. The molecular weight excluding hydrogens is 246 g/mol. The third-order valence-corrected chi connectivity index (χ3v) is 4.69. The van der Waals surface area contributed by atoms with E-state index in [-0.39, 0.29) is 6.10 Å². The first-order chi connectivity index (χ1) is 9.61. The summed E-state index contributed by atoms with van der Waals surface area (Å²) in [5.74, 6) is 0. The van der Waals surface area contributed by atoms with Gasteiger partial charge in [-0.05, 0) is 57.2 Å². The molecule has 2 nitrogen and oxygen atoms in total. The van der Waals surface area contributed by atoms with Crippen LogP contribution in [0.5, 0.6) is 0 Å². The van der Waals surface area contributed by atoms with Gasteiger partial charge in [-0.3, -0.25) is 0 Å². The Labute approximate surface area is 123 Å². The fourth-order valence-corrected chi connectivity index (χ4v) is 3.46. The van der Waals surface area contributed by atoms with Gasteiger partial charge in [0.2, 0.25) is 0 Å². The van der Waals surface area contributed by atoms with Crippen molar-refractivity contribution in [1.29, 1.82) is 0 Å². The first-order valence-electron chi connectivity index (χ1n) is 8.11. The number of hydrogen-bond donors (Lipinski definition) is 1. The predicted octanol–water partition coefficient (Wildman–Crippen LogP) is 3.99. The maximum atomic E-state index is 10.5. The van der Waals surface area contributed by atoms with Gasteiger partial charge in [-0.15, -0.1) is 0 Å². The van der Waals surface area contributed by atoms with E-state index in [2.05, 4.69) is 43.9 Å². The van der Waals surface area contributed by atoms with Gasteiger partial charge in [0, 0.05) is 12.6 Å². The molecule has 2 unspecified atom stereocenters. The molecule has 0 amide bonds. The van der Waals surface area contributed by atoms with Crippen LogP contribution in [-0.4, -0.2) is 29.1 Å². The van der Waals surface area contributed by atoms with Gasteiger partial charge < -0.3 is 10.0 Å². The minimum Gasteiger partial charge on any atom is -0.388 e. The van der Waals surface area contributed by atoms with E-state index in [1.54, 1.807) is 0 Å². The summed E-state index contributed by atoms with van der Waals surface area (Å²) in [7, 11) is 0. The van der Waals surface area contributed by atoms with Crippen LogP contribution in [-0.2, 0) is 0 Å². The van der Waals surface area contributed by atoms with Gasteiger partial charge in [0.05, 0.1) is 6.10 Å². The van der Waals surface area contributed by atoms with Gasteiger partial charge in [0.15, 0.2) is 0 Å². The highest BCUT2D eigenvalue weighted by molar-refractivity contribution is 5.31. The number of hydrogen-bond acceptors (Lipinski definition) is 2. The van der Waals surface area contributed by atoms with Crippen molar-refractivity contribution in [1.82, 2.24) is 4.90 Å². The number of aliphatic hydroxyl groups excluding tert-OH is 1. The Morgan fingerprint density at radius 3 is 2.80 bits per heavy atom. The molecule has 0 saturated carbocycles. The van der Waals surface area contributed by atoms with E-state index in [9.17, 15) is 5.11 Å². The fourth-order valence-electron chi connectivity index (χ4n) is 3.46. The third-order valence-electron chi connectivity index (χ3n) is 4.69. The number of aryl methyl sites for hydroxylation is 2. The Bertz CT molecular complexity index is 429. The summed E-state index contributed by atoms with van der Waals surface area (Å²) in [6.45, 7) is 8.71. The molecule has 0 bridgehead atoms. The lowest BCUT2D eigenvalue weighted by Gasteiger charge is -2.35. The number of rotatable bonds is 5. The lowest BCUT2D eigenvalue weighted by molar-refractivity contribution is 0.101. The van der Waals surface area contributed by atoms with Crippen LogP contribution in [0.25, 0.3) is 0 Å². The molecule has 0 radical (unpaired) electrons. The fraction of sp³-hybridized carbons (Fsp3) is 0.667. The van der Waals surface area contributed by atoms with E-state index in [1.165, 1.54) is 43.4 Å². The molecule has 0 aromatic heterocycles. The Hall–Kier alpha value is -0.860. The van der Waals surface area contributed by atoms with Crippen LogP contribution in [0.1, 0.15) is 61.8 Å². The van der Waals surface area contributed by atoms with Crippen molar-refractivity contribution in [3.63, 3.8) is 0 Å². The van der Waals surface area contributed by atoms with Gasteiger partial charge in [0.25, 0.3) is 0 Å². The first-order valence-corrected chi connectivity index (χ1v) is 8.11. The molecule has 2 heteroatoms. The van der Waals surface area contributed by atoms with Crippen molar-refractivity contribution in [2.75, 3.05) is 13.1 Å². The number of piperidine rings is 1. The molecule has 1 fully saturated rings. The first kappa shape index (κ1) is 15.5. The number of likely N-dealkylation sites (tertiary alicyclic amines) is 1. The quantitative estimate of drug-likeness (QED) is 0.878. The molecule has 1 heterocycles. The van der Waals surface area contributed by atoms with Crippen molar-refractivity contribution in [3.05, 3.63) is 34.9 Å². The van der Waals surface area contributed by atoms with Crippen molar-refractivity contribution >= 4 is 0 Å². The standard InChI is InChI=1S/C18H29NO/c1-4-16-7-5-6-11-19(16)12-10-18(20)17-9-8-14(2)13-15(17)3/h8-9,13,16,18,20H,4-7,10-12H2,1-3H3. The second-order valence-corrected chi connectivity index (χ2v) is 6.26. The molecule has 1 aromatic rings. The summed E-state index contributed by atoms with van der Waals surface area (Å²) >= 11 is 0. The Kier molecular flexibility index (Phi) is 5.62. The Morgan fingerprint density at radius 2 is 2.10 bits per heavy atom. The van der Waals surface area contributed by atoms with Crippen LogP contribution >= 0.6 is 0 Å². The summed E-state index contributed by atoms with van der Waals surface area (Å²) in [4.78, 5) is 2.58. The van der Waals surface area contributed by atoms with E-state index >= 15 is 0 Å². The summed E-state index contributed by atoms with van der Waals surface area (Å²) < 4.78 is 0. The summed E-state index contributed by atoms with van der Waals surface area (Å²) in [5, 5.41) is 10.5. The second kappa shape index (κ2) is 7.24. The van der Waals surface area contributed by atoms with E-state index in [0.29, 0.717) is 0 Å². The van der Waals surface area contributed by atoms with Crippen LogP contribution in [0.15, 0.2) is 18.2 Å². The number of aliphatic hydroxyl groups is 1. The molecule has 20 heavy (non-hydrogen) atoms. The summed E-state index contributed by atoms with van der Waals surface area (Å²) in [6.07, 6.45) is 5.77. The number of nitrogens with zero attached hydrogens (tertiary/aromatic N) is 1. The highest BCUT2D eigenvalue weighted by Gasteiger charge is 2.21. The van der Waals surface area contributed by atoms with Crippen LogP contribution in [0.2, 0.25) is 0 Å². The van der Waals surface area contributed by atoms with Crippen molar-refractivity contribution < 1.29 is 5.11 Å². The second-order valence-electron chi connectivity index (χ2n) is 6.26. The molecule has 1 saturated heterocycles. The highest BCUT2D eigenvalue weighted by atomic mass is 16.3. The molecule has 1 aliphatic rings. The zero-order valence-electron chi connectivity index (χ0n) is 13.2. The van der Waals surface area contributed by atoms with E-state index < -0.39 is 0 Å². The minimum absolute atomic E-state index is 0.324. The van der Waals surface area contributed by atoms with Crippen molar-refractivity contribution in [2.45, 2.75) is 65.0 Å². The molecule has 1 N–H and O–H groups in total. The molecule has 1 aromatic carbocycles. The molecule has 1 aliphatic heterocycles. The summed E-state index contributed by atoms with van der Waals surface area (Å²) in [6, 6.07) is 7.08. The van der Waals surface area contributed by atoms with Crippen LogP contribution in [0.4, 0.5) is 0 Å². The van der Waals surface area contributed by atoms with E-state index in [1.807, 2.05) is 0 Å². The van der Waals surface area contributed by atoms with Crippen LogP contribution in [0, 0.1) is 13.8 Å². The lowest BCUT2D eigenvalue weighted by Crippen LogP contribution is -2.40. The topological polar surface area (TPSA) is 23.5 Å². The molecular formula is C18H29NO. The zero-order valence-corrected chi connectivity index (χ0v) is 13.2. The number of benzene rings is 1. The van der Waals surface area contributed by atoms with E-state index in [4.69, 9.17) is 0 Å². The van der Waals surface area contributed by atoms with Crippen molar-refractivity contribution in [3.8, 4) is 0 Å². The van der Waals surface area contributed by atoms with Crippen molar-refractivity contribution in [2.24, 2.45) is 0 Å². The lowest BCUT2D eigenvalue weighted by atomic mass is 9.97. The predicted molar refractivity (Wildman–Crippen MR) is 85.0 cm³/mol. The van der Waals surface area contributed by atoms with Gasteiger partial charge in [-0.2, -0.15) is 0 Å². The zero-order chi connectivity index (χ0) is 14.5. The average molecular weight is 275 g/mol. The van der Waals surface area contributed by atoms with Crippen LogP contribution < -0.4 is 0 Å². The van der Waals surface area contributed by atoms with Gasteiger partial charge in [-0.1, -0.05) is 37.1 Å². The Balaban J connectivity index is 1.92. The van der Waals surface area contributed by atoms with E-state index in [0.717, 1.165) is 24.6 Å². The van der Waals surface area contributed by atoms with Gasteiger partial charge >= 0.3 is 0 Å². The highest BCUT2D eigenvalue weighted by Crippen LogP contribution is 2.25. The van der Waals surface area contributed by atoms with Gasteiger partial charge in [0.1, 0.15) is 0 Å². The monoisotopic (exact) mass is 275 g/mol. The van der Waals surface area contributed by atoms with Gasteiger partial charge in [-0.25, -0.2) is 0 Å². The molecule has 2 rings (SSSR count). The maximum absolute atomic E-state index is 10.5. The smallest absolute Gasteiger partial charge is 0.0804 e. The molecule has 0 spiro atoms. The van der Waals surface area contributed by atoms with Crippen LogP contribution in [0.3, 0.4) is 0 Å². The summed E-state index contributed by atoms with van der Waals surface area (Å²) in [5.41, 5.74) is 3.57. The molecule has 112 valence electrons.